The maximum absolute atomic E-state index is 14.2. The van der Waals surface area contributed by atoms with Crippen molar-refractivity contribution in [1.82, 2.24) is 20.9 Å². The van der Waals surface area contributed by atoms with Gasteiger partial charge in [0.2, 0.25) is 5.91 Å². The molecule has 0 fully saturated rings. The summed E-state index contributed by atoms with van der Waals surface area (Å²) in [5.74, 6) is -5.56. The summed E-state index contributed by atoms with van der Waals surface area (Å²) in [5, 5.41) is 28.2. The number of nitrogens with one attached hydrogen (secondary N) is 3. The first-order valence-electron chi connectivity index (χ1n) is 16.1. The minimum Gasteiger partial charge on any atom is -0.388 e. The van der Waals surface area contributed by atoms with E-state index in [-0.39, 0.29) is 42.9 Å². The quantitative estimate of drug-likeness (QED) is 0.128. The van der Waals surface area contributed by atoms with Gasteiger partial charge in [-0.25, -0.2) is 17.2 Å². The monoisotopic (exact) mass is 713 g/mol. The smallest absolute Gasteiger partial charge is 0.253 e. The zero-order chi connectivity index (χ0) is 36.5. The second-order valence-corrected chi connectivity index (χ2v) is 13.8. The van der Waals surface area contributed by atoms with Gasteiger partial charge in [-0.05, 0) is 54.7 Å². The van der Waals surface area contributed by atoms with Crippen LogP contribution in [0, 0.1) is 23.0 Å². The third kappa shape index (κ3) is 13.3. The van der Waals surface area contributed by atoms with E-state index < -0.39 is 75.7 Å². The number of halogens is 2. The van der Waals surface area contributed by atoms with Crippen molar-refractivity contribution in [2.75, 3.05) is 18.1 Å². The number of amides is 3. The van der Waals surface area contributed by atoms with E-state index in [0.717, 1.165) is 17.7 Å². The molecule has 268 valence electrons. The lowest BCUT2D eigenvalue weighted by Crippen LogP contribution is -2.59. The molecule has 0 radical (unpaired) electrons. The highest BCUT2D eigenvalue weighted by atomic mass is 32.2. The molecule has 12 nitrogen and oxygen atoms in total. The van der Waals surface area contributed by atoms with Gasteiger partial charge < -0.3 is 25.8 Å². The number of ether oxygens (including phenoxy) is 1. The third-order valence-electron chi connectivity index (χ3n) is 7.50. The highest BCUT2D eigenvalue weighted by molar-refractivity contribution is 7.91. The van der Waals surface area contributed by atoms with Gasteiger partial charge in [-0.3, -0.25) is 19.4 Å². The molecule has 15 heteroatoms. The van der Waals surface area contributed by atoms with E-state index in [2.05, 4.69) is 20.9 Å². The lowest BCUT2D eigenvalue weighted by atomic mass is 9.96. The number of carbonyl (C=O) groups excluding carboxylic acids is 3. The van der Waals surface area contributed by atoms with Crippen molar-refractivity contribution in [2.24, 2.45) is 0 Å². The molecule has 0 bridgehead atoms. The van der Waals surface area contributed by atoms with Crippen LogP contribution >= 0.6 is 0 Å². The van der Waals surface area contributed by atoms with Crippen LogP contribution in [-0.2, 0) is 37.1 Å². The van der Waals surface area contributed by atoms with Gasteiger partial charge in [-0.2, -0.15) is 5.26 Å². The molecule has 4 N–H and O–H groups in total. The number of aliphatic hydroxyl groups is 1. The zero-order valence-electron chi connectivity index (χ0n) is 27.6. The molecule has 0 saturated carbocycles. The summed E-state index contributed by atoms with van der Waals surface area (Å²) in [7, 11) is -3.89. The summed E-state index contributed by atoms with van der Waals surface area (Å²) in [5.41, 5.74) is 0.769. The number of carbonyl (C=O) groups is 3. The first kappa shape index (κ1) is 39.7. The highest BCUT2D eigenvalue weighted by Crippen LogP contribution is 2.16. The fourth-order valence-corrected chi connectivity index (χ4v) is 6.57. The van der Waals surface area contributed by atoms with Gasteiger partial charge in [0.25, 0.3) is 11.8 Å². The fourth-order valence-electron chi connectivity index (χ4n) is 4.93. The Bertz CT molecular complexity index is 1690. The van der Waals surface area contributed by atoms with E-state index in [0.29, 0.717) is 18.9 Å². The SMILES string of the molecule is CCCCS(=O)(=O)CC(NC(=O)c1cccnc1)C(=O)N[C@@H](Cc1cc(F)cc(F)c1)[C@@H](O)[C@@H](OCCCC#N)C(=O)NCc1ccccc1. The average molecular weight is 714 g/mol. The van der Waals surface area contributed by atoms with Crippen LogP contribution in [0.5, 0.6) is 0 Å². The highest BCUT2D eigenvalue weighted by Gasteiger charge is 2.37. The van der Waals surface area contributed by atoms with Crippen molar-refractivity contribution in [3.05, 3.63) is 101 Å². The van der Waals surface area contributed by atoms with Crippen LogP contribution in [0.4, 0.5) is 8.78 Å². The molecule has 0 aliphatic heterocycles. The molecule has 0 aliphatic rings. The fraction of sp³-hybridized carbons (Fsp3) is 0.400. The topological polar surface area (TPSA) is 188 Å². The Hall–Kier alpha value is -4.78. The van der Waals surface area contributed by atoms with Crippen molar-refractivity contribution in [3.8, 4) is 6.07 Å². The van der Waals surface area contributed by atoms with Crippen LogP contribution in [-0.4, -0.2) is 78.6 Å². The Labute approximate surface area is 290 Å². The molecule has 4 atom stereocenters. The van der Waals surface area contributed by atoms with Crippen LogP contribution in [0.15, 0.2) is 73.1 Å². The molecule has 50 heavy (non-hydrogen) atoms. The van der Waals surface area contributed by atoms with Crippen molar-refractivity contribution in [1.29, 1.82) is 5.26 Å². The van der Waals surface area contributed by atoms with Gasteiger partial charge in [-0.15, -0.1) is 0 Å². The second-order valence-electron chi connectivity index (χ2n) is 11.6. The van der Waals surface area contributed by atoms with E-state index >= 15 is 0 Å². The summed E-state index contributed by atoms with van der Waals surface area (Å²) in [6, 6.07) is 13.1. The molecule has 1 heterocycles. The molecule has 3 amide bonds. The number of sulfone groups is 1. The van der Waals surface area contributed by atoms with Gasteiger partial charge in [-0.1, -0.05) is 43.7 Å². The predicted octanol–water partition coefficient (Wildman–Crippen LogP) is 2.77. The van der Waals surface area contributed by atoms with Crippen molar-refractivity contribution >= 4 is 27.6 Å². The first-order valence-corrected chi connectivity index (χ1v) is 17.9. The molecule has 3 aromatic rings. The normalized spacial score (nSPS) is 13.7. The molecule has 3 rings (SSSR count). The zero-order valence-corrected chi connectivity index (χ0v) is 28.4. The number of unbranched alkanes of at least 4 members (excludes halogenated alkanes) is 2. The first-order chi connectivity index (χ1) is 23.9. The van der Waals surface area contributed by atoms with Crippen molar-refractivity contribution in [3.63, 3.8) is 0 Å². The van der Waals surface area contributed by atoms with Gasteiger partial charge >= 0.3 is 0 Å². The van der Waals surface area contributed by atoms with E-state index in [9.17, 15) is 36.7 Å². The number of hydrogen-bond donors (Lipinski definition) is 4. The molecule has 0 saturated heterocycles. The lowest BCUT2D eigenvalue weighted by molar-refractivity contribution is -0.144. The van der Waals surface area contributed by atoms with Crippen molar-refractivity contribution in [2.45, 2.75) is 69.9 Å². The van der Waals surface area contributed by atoms with Crippen LogP contribution in [0.2, 0.25) is 0 Å². The Kier molecular flexibility index (Phi) is 15.9. The van der Waals surface area contributed by atoms with Crippen LogP contribution in [0.3, 0.4) is 0 Å². The summed E-state index contributed by atoms with van der Waals surface area (Å²) in [4.78, 5) is 44.2. The molecular weight excluding hydrogens is 672 g/mol. The van der Waals surface area contributed by atoms with Crippen molar-refractivity contribution < 1.29 is 41.4 Å². The molecule has 1 aromatic heterocycles. The maximum atomic E-state index is 14.2. The molecule has 0 aliphatic carbocycles. The number of benzene rings is 2. The minimum atomic E-state index is -3.89. The largest absolute Gasteiger partial charge is 0.388 e. The number of nitrogens with zero attached hydrogens (tertiary/aromatic N) is 2. The lowest BCUT2D eigenvalue weighted by Gasteiger charge is -2.31. The summed E-state index contributed by atoms with van der Waals surface area (Å²) in [6.07, 6.45) is -0.154. The summed E-state index contributed by atoms with van der Waals surface area (Å²) >= 11 is 0. The molecule has 2 aromatic carbocycles. The van der Waals surface area contributed by atoms with E-state index in [1.807, 2.05) is 6.07 Å². The Morgan fingerprint density at radius 1 is 0.980 bits per heavy atom. The molecule has 1 unspecified atom stereocenters. The predicted molar refractivity (Wildman–Crippen MR) is 180 cm³/mol. The van der Waals surface area contributed by atoms with E-state index in [1.54, 1.807) is 37.3 Å². The number of aromatic nitrogens is 1. The Morgan fingerprint density at radius 2 is 1.70 bits per heavy atom. The number of rotatable bonds is 20. The summed E-state index contributed by atoms with van der Waals surface area (Å²) < 4.78 is 60.2. The average Bonchev–Trinajstić information content (AvgIpc) is 3.09. The van der Waals surface area contributed by atoms with Crippen LogP contribution in [0.25, 0.3) is 0 Å². The van der Waals surface area contributed by atoms with Gasteiger partial charge in [0.1, 0.15) is 23.8 Å². The Morgan fingerprint density at radius 3 is 2.34 bits per heavy atom. The molecular formula is C35H41F2N5O7S. The number of hydrogen-bond acceptors (Lipinski definition) is 9. The minimum absolute atomic E-state index is 0.00807. The third-order valence-corrected chi connectivity index (χ3v) is 9.25. The van der Waals surface area contributed by atoms with Gasteiger partial charge in [0.05, 0.1) is 29.2 Å². The Balaban J connectivity index is 1.97. The number of aliphatic hydroxyl groups excluding tert-OH is 1. The maximum Gasteiger partial charge on any atom is 0.253 e. The van der Waals surface area contributed by atoms with Crippen LogP contribution < -0.4 is 16.0 Å². The second kappa shape index (κ2) is 20.0. The van der Waals surface area contributed by atoms with E-state index in [1.165, 1.54) is 24.5 Å². The van der Waals surface area contributed by atoms with Gasteiger partial charge in [0, 0.05) is 38.0 Å². The van der Waals surface area contributed by atoms with E-state index in [4.69, 9.17) is 10.00 Å². The van der Waals surface area contributed by atoms with Crippen LogP contribution in [0.1, 0.15) is 54.1 Å². The standard InChI is InChI=1S/C35H41F2N5O7S/c1-2-3-16-50(47,48)23-30(42-33(44)26-12-9-14-39-22-26)34(45)41-29(19-25-17-27(36)20-28(37)18-25)31(43)32(49-15-8-7-13-38)35(46)40-21-24-10-5-4-6-11-24/h4-6,9-12,14,17-18,20,22,29-32,43H,2-3,7-8,15-16,19,21,23H2,1H3,(H,40,46)(H,41,45)(H,42,44)/t29-,30?,31+,32+/m0/s1. The number of pyridine rings is 1. The summed E-state index contributed by atoms with van der Waals surface area (Å²) in [6.45, 7) is 1.71. The molecule has 0 spiro atoms. The number of nitriles is 1. The van der Waals surface area contributed by atoms with Gasteiger partial charge in [0.15, 0.2) is 15.9 Å².